The summed E-state index contributed by atoms with van der Waals surface area (Å²) in [6.07, 6.45) is 0. The molecule has 0 spiro atoms. The predicted molar refractivity (Wildman–Crippen MR) is 87.2 cm³/mol. The summed E-state index contributed by atoms with van der Waals surface area (Å²) in [5.41, 5.74) is 0. The van der Waals surface area contributed by atoms with Gasteiger partial charge in [0.2, 0.25) is 17.8 Å². The molecule has 118 valence electrons. The van der Waals surface area contributed by atoms with Gasteiger partial charge >= 0.3 is 0 Å². The van der Waals surface area contributed by atoms with Crippen LogP contribution < -0.4 is 15.1 Å². The van der Waals surface area contributed by atoms with E-state index in [1.807, 2.05) is 25.9 Å². The van der Waals surface area contributed by atoms with Crippen molar-refractivity contribution in [1.29, 1.82) is 0 Å². The van der Waals surface area contributed by atoms with Gasteiger partial charge in [-0.25, -0.2) is 0 Å². The van der Waals surface area contributed by atoms with Crippen molar-refractivity contribution in [2.75, 3.05) is 61.9 Å². The van der Waals surface area contributed by atoms with Gasteiger partial charge in [0.25, 0.3) is 0 Å². The van der Waals surface area contributed by atoms with E-state index in [4.69, 9.17) is 0 Å². The third-order valence-electron chi connectivity index (χ3n) is 3.67. The molecule has 2 heterocycles. The van der Waals surface area contributed by atoms with E-state index in [-0.39, 0.29) is 0 Å². The molecule has 7 heteroatoms. The van der Waals surface area contributed by atoms with Crippen LogP contribution in [0.5, 0.6) is 0 Å². The highest BCUT2D eigenvalue weighted by Gasteiger charge is 2.22. The highest BCUT2D eigenvalue weighted by Crippen LogP contribution is 2.17. The van der Waals surface area contributed by atoms with E-state index in [0.29, 0.717) is 17.9 Å². The average Bonchev–Trinajstić information content (AvgIpc) is 2.47. The Labute approximate surface area is 127 Å². The van der Waals surface area contributed by atoms with E-state index in [2.05, 4.69) is 43.9 Å². The van der Waals surface area contributed by atoms with E-state index in [0.717, 1.165) is 38.7 Å². The number of aromatic nitrogens is 3. The molecule has 0 amide bonds. The second-order valence-corrected chi connectivity index (χ2v) is 5.80. The fourth-order valence-corrected chi connectivity index (χ4v) is 2.37. The van der Waals surface area contributed by atoms with Crippen molar-refractivity contribution in [2.45, 2.75) is 26.8 Å². The second kappa shape index (κ2) is 6.89. The first-order chi connectivity index (χ1) is 10.0. The number of hydrogen-bond acceptors (Lipinski definition) is 7. The Balaban J connectivity index is 2.15. The molecule has 1 saturated heterocycles. The number of anilines is 3. The number of nitrogens with one attached hydrogen (secondary N) is 1. The Morgan fingerprint density at radius 1 is 1.10 bits per heavy atom. The molecule has 0 aromatic carbocycles. The summed E-state index contributed by atoms with van der Waals surface area (Å²) in [6, 6.07) is 0.597. The van der Waals surface area contributed by atoms with Crippen molar-refractivity contribution in [3.05, 3.63) is 0 Å². The number of piperazine rings is 1. The summed E-state index contributed by atoms with van der Waals surface area (Å²) in [6.45, 7) is 11.4. The largest absolute Gasteiger partial charge is 0.354 e. The Morgan fingerprint density at radius 2 is 1.76 bits per heavy atom. The van der Waals surface area contributed by atoms with E-state index in [1.54, 1.807) is 0 Å². The fraction of sp³-hybridized carbons (Fsp3) is 0.786. The van der Waals surface area contributed by atoms with E-state index in [1.165, 1.54) is 0 Å². The van der Waals surface area contributed by atoms with Crippen molar-refractivity contribution in [2.24, 2.45) is 0 Å². The maximum absolute atomic E-state index is 4.58. The molecule has 2 rings (SSSR count). The van der Waals surface area contributed by atoms with Crippen LogP contribution in [0.2, 0.25) is 0 Å². The van der Waals surface area contributed by atoms with Crippen LogP contribution in [0, 0.1) is 0 Å². The van der Waals surface area contributed by atoms with Gasteiger partial charge in [-0.1, -0.05) is 0 Å². The predicted octanol–water partition coefficient (Wildman–Crippen LogP) is 0.900. The van der Waals surface area contributed by atoms with Crippen LogP contribution >= 0.6 is 0 Å². The zero-order valence-electron chi connectivity index (χ0n) is 13.8. The van der Waals surface area contributed by atoms with Gasteiger partial charge in [-0.15, -0.1) is 0 Å². The summed E-state index contributed by atoms with van der Waals surface area (Å²) >= 11 is 0. The standard InChI is InChI=1S/C14H27N7/c1-6-15-12-16-13(19(4)5)18-14(17-12)21-9-7-20(8-10-21)11(2)3/h11H,6-10H2,1-5H3,(H,15,16,17,18). The quantitative estimate of drug-likeness (QED) is 0.865. The van der Waals surface area contributed by atoms with Crippen LogP contribution in [0.1, 0.15) is 20.8 Å². The number of hydrogen-bond donors (Lipinski definition) is 1. The molecular weight excluding hydrogens is 266 g/mol. The minimum atomic E-state index is 0.597. The smallest absolute Gasteiger partial charge is 0.232 e. The summed E-state index contributed by atoms with van der Waals surface area (Å²) in [7, 11) is 3.90. The highest BCUT2D eigenvalue weighted by molar-refractivity contribution is 5.44. The Morgan fingerprint density at radius 3 is 2.29 bits per heavy atom. The van der Waals surface area contributed by atoms with Crippen LogP contribution in [0.15, 0.2) is 0 Å². The molecule has 0 unspecified atom stereocenters. The van der Waals surface area contributed by atoms with Gasteiger partial charge in [-0.05, 0) is 20.8 Å². The third kappa shape index (κ3) is 3.93. The maximum Gasteiger partial charge on any atom is 0.232 e. The van der Waals surface area contributed by atoms with Crippen molar-refractivity contribution >= 4 is 17.8 Å². The average molecular weight is 293 g/mol. The van der Waals surface area contributed by atoms with Gasteiger partial charge in [0.1, 0.15) is 0 Å². The fourth-order valence-electron chi connectivity index (χ4n) is 2.37. The first kappa shape index (κ1) is 15.8. The molecule has 1 N–H and O–H groups in total. The van der Waals surface area contributed by atoms with Gasteiger partial charge in [-0.3, -0.25) is 4.90 Å². The minimum Gasteiger partial charge on any atom is -0.354 e. The second-order valence-electron chi connectivity index (χ2n) is 5.80. The van der Waals surface area contributed by atoms with Gasteiger partial charge < -0.3 is 15.1 Å². The van der Waals surface area contributed by atoms with Crippen LogP contribution in [-0.2, 0) is 0 Å². The molecule has 1 aliphatic rings. The Kier molecular flexibility index (Phi) is 5.17. The number of nitrogens with zero attached hydrogens (tertiary/aromatic N) is 6. The molecule has 0 bridgehead atoms. The summed E-state index contributed by atoms with van der Waals surface area (Å²) in [4.78, 5) is 20.2. The monoisotopic (exact) mass is 293 g/mol. The van der Waals surface area contributed by atoms with E-state index < -0.39 is 0 Å². The van der Waals surface area contributed by atoms with Crippen LogP contribution in [0.4, 0.5) is 17.8 Å². The van der Waals surface area contributed by atoms with E-state index >= 15 is 0 Å². The molecule has 0 saturated carbocycles. The zero-order valence-corrected chi connectivity index (χ0v) is 13.8. The van der Waals surface area contributed by atoms with Gasteiger partial charge in [0, 0.05) is 52.9 Å². The SMILES string of the molecule is CCNc1nc(N(C)C)nc(N2CCN(C(C)C)CC2)n1. The maximum atomic E-state index is 4.58. The highest BCUT2D eigenvalue weighted by atomic mass is 15.4. The lowest BCUT2D eigenvalue weighted by Crippen LogP contribution is -2.49. The molecular formula is C14H27N7. The topological polar surface area (TPSA) is 60.4 Å². The molecule has 1 aromatic heterocycles. The molecule has 1 aromatic rings. The zero-order chi connectivity index (χ0) is 15.4. The first-order valence-electron chi connectivity index (χ1n) is 7.67. The Hall–Kier alpha value is -1.63. The van der Waals surface area contributed by atoms with Crippen LogP contribution in [-0.4, -0.2) is 72.7 Å². The van der Waals surface area contributed by atoms with Gasteiger partial charge in [-0.2, -0.15) is 15.0 Å². The minimum absolute atomic E-state index is 0.597. The van der Waals surface area contributed by atoms with Gasteiger partial charge in [0.15, 0.2) is 0 Å². The third-order valence-corrected chi connectivity index (χ3v) is 3.67. The molecule has 21 heavy (non-hydrogen) atoms. The first-order valence-corrected chi connectivity index (χ1v) is 7.67. The molecule has 0 atom stereocenters. The summed E-state index contributed by atoms with van der Waals surface area (Å²) in [5.74, 6) is 2.12. The molecule has 1 fully saturated rings. The van der Waals surface area contributed by atoms with Crippen molar-refractivity contribution in [3.8, 4) is 0 Å². The lowest BCUT2D eigenvalue weighted by Gasteiger charge is -2.37. The Bertz CT molecular complexity index is 453. The van der Waals surface area contributed by atoms with Crippen molar-refractivity contribution < 1.29 is 0 Å². The summed E-state index contributed by atoms with van der Waals surface area (Å²) < 4.78 is 0. The normalized spacial score (nSPS) is 16.4. The molecule has 7 nitrogen and oxygen atoms in total. The van der Waals surface area contributed by atoms with E-state index in [9.17, 15) is 0 Å². The van der Waals surface area contributed by atoms with Crippen LogP contribution in [0.3, 0.4) is 0 Å². The van der Waals surface area contributed by atoms with Crippen molar-refractivity contribution in [3.63, 3.8) is 0 Å². The lowest BCUT2D eigenvalue weighted by atomic mass is 10.2. The van der Waals surface area contributed by atoms with Crippen molar-refractivity contribution in [1.82, 2.24) is 19.9 Å². The lowest BCUT2D eigenvalue weighted by molar-refractivity contribution is 0.208. The summed E-state index contributed by atoms with van der Waals surface area (Å²) in [5, 5.41) is 3.18. The molecule has 1 aliphatic heterocycles. The number of rotatable bonds is 5. The van der Waals surface area contributed by atoms with Gasteiger partial charge in [0.05, 0.1) is 0 Å². The molecule has 0 radical (unpaired) electrons. The molecule has 0 aliphatic carbocycles. The van der Waals surface area contributed by atoms with Crippen LogP contribution in [0.25, 0.3) is 0 Å².